The van der Waals surface area contributed by atoms with E-state index >= 15 is 0 Å². The molecular formula is C16H20O4. The Balaban J connectivity index is 1.84. The highest BCUT2D eigenvalue weighted by Crippen LogP contribution is 2.48. The highest BCUT2D eigenvalue weighted by Gasteiger charge is 2.47. The predicted octanol–water partition coefficient (Wildman–Crippen LogP) is 2.72. The highest BCUT2D eigenvalue weighted by atomic mass is 16.7. The monoisotopic (exact) mass is 276 g/mol. The zero-order valence-corrected chi connectivity index (χ0v) is 11.5. The minimum atomic E-state index is -0.738. The molecule has 4 heteroatoms. The Morgan fingerprint density at radius 2 is 1.65 bits per heavy atom. The van der Waals surface area contributed by atoms with Crippen molar-refractivity contribution in [2.24, 2.45) is 0 Å². The molecule has 4 nitrogen and oxygen atoms in total. The molecule has 1 aromatic carbocycles. The number of carboxylic acid groups (broad SMARTS) is 1. The van der Waals surface area contributed by atoms with Gasteiger partial charge in [-0.3, -0.25) is 4.79 Å². The van der Waals surface area contributed by atoms with Crippen molar-refractivity contribution >= 4 is 5.97 Å². The van der Waals surface area contributed by atoms with Crippen LogP contribution in [-0.2, 0) is 19.7 Å². The summed E-state index contributed by atoms with van der Waals surface area (Å²) in [5.74, 6) is -1.19. The average molecular weight is 276 g/mol. The maximum atomic E-state index is 11.3. The summed E-state index contributed by atoms with van der Waals surface area (Å²) < 4.78 is 11.5. The smallest absolute Gasteiger partial charge is 0.304 e. The summed E-state index contributed by atoms with van der Waals surface area (Å²) in [5.41, 5.74) is 0.837. The second-order valence-electron chi connectivity index (χ2n) is 5.82. The summed E-state index contributed by atoms with van der Waals surface area (Å²) >= 11 is 0. The number of carboxylic acids is 1. The fourth-order valence-electron chi connectivity index (χ4n) is 3.54. The standard InChI is InChI=1S/C16H20O4/c17-14(18)12-15(13-4-2-1-3-5-13)6-8-16(9-7-15)19-10-11-20-16/h1-5H,6-12H2,(H,17,18). The second kappa shape index (κ2) is 5.19. The van der Waals surface area contributed by atoms with Crippen LogP contribution in [0.4, 0.5) is 0 Å². The molecule has 0 bridgehead atoms. The van der Waals surface area contributed by atoms with Gasteiger partial charge >= 0.3 is 5.97 Å². The molecule has 1 saturated carbocycles. The van der Waals surface area contributed by atoms with Gasteiger partial charge in [-0.2, -0.15) is 0 Å². The topological polar surface area (TPSA) is 55.8 Å². The fourth-order valence-corrected chi connectivity index (χ4v) is 3.54. The Hall–Kier alpha value is -1.39. The van der Waals surface area contributed by atoms with Crippen LogP contribution in [0.1, 0.15) is 37.7 Å². The van der Waals surface area contributed by atoms with Crippen LogP contribution in [0.5, 0.6) is 0 Å². The van der Waals surface area contributed by atoms with Crippen LogP contribution in [-0.4, -0.2) is 30.1 Å². The van der Waals surface area contributed by atoms with Gasteiger partial charge in [0, 0.05) is 18.3 Å². The van der Waals surface area contributed by atoms with E-state index < -0.39 is 11.8 Å². The van der Waals surface area contributed by atoms with Gasteiger partial charge in [-0.25, -0.2) is 0 Å². The largest absolute Gasteiger partial charge is 0.481 e. The summed E-state index contributed by atoms with van der Waals surface area (Å²) in [5, 5.41) is 9.29. The van der Waals surface area contributed by atoms with E-state index in [2.05, 4.69) is 0 Å². The highest BCUT2D eigenvalue weighted by molar-refractivity contribution is 5.69. The molecule has 1 aliphatic carbocycles. The molecular weight excluding hydrogens is 256 g/mol. The van der Waals surface area contributed by atoms with Crippen molar-refractivity contribution in [3.63, 3.8) is 0 Å². The Labute approximate surface area is 118 Å². The van der Waals surface area contributed by atoms with E-state index in [1.54, 1.807) is 0 Å². The van der Waals surface area contributed by atoms with Crippen molar-refractivity contribution in [1.29, 1.82) is 0 Å². The van der Waals surface area contributed by atoms with Crippen LogP contribution in [0.3, 0.4) is 0 Å². The molecule has 1 heterocycles. The van der Waals surface area contributed by atoms with E-state index in [0.29, 0.717) is 13.2 Å². The van der Waals surface area contributed by atoms with Crippen molar-refractivity contribution in [1.82, 2.24) is 0 Å². The molecule has 3 rings (SSSR count). The summed E-state index contributed by atoms with van der Waals surface area (Å²) in [7, 11) is 0. The van der Waals surface area contributed by atoms with Crippen LogP contribution in [0, 0.1) is 0 Å². The van der Waals surface area contributed by atoms with Gasteiger partial charge in [-0.1, -0.05) is 30.3 Å². The number of rotatable bonds is 3. The van der Waals surface area contributed by atoms with Crippen LogP contribution in [0.15, 0.2) is 30.3 Å². The lowest BCUT2D eigenvalue weighted by molar-refractivity contribution is -0.186. The van der Waals surface area contributed by atoms with Crippen molar-refractivity contribution in [3.8, 4) is 0 Å². The van der Waals surface area contributed by atoms with E-state index in [1.807, 2.05) is 30.3 Å². The molecule has 108 valence electrons. The quantitative estimate of drug-likeness (QED) is 0.922. The second-order valence-corrected chi connectivity index (χ2v) is 5.82. The Morgan fingerprint density at radius 1 is 1.05 bits per heavy atom. The Kier molecular flexibility index (Phi) is 3.52. The number of ether oxygens (including phenoxy) is 2. The molecule has 2 fully saturated rings. The maximum absolute atomic E-state index is 11.3. The lowest BCUT2D eigenvalue weighted by Crippen LogP contribution is -2.43. The lowest BCUT2D eigenvalue weighted by atomic mass is 9.66. The molecule has 20 heavy (non-hydrogen) atoms. The number of hydrogen-bond acceptors (Lipinski definition) is 3. The molecule has 1 N–H and O–H groups in total. The number of aliphatic carboxylic acids is 1. The van der Waals surface area contributed by atoms with E-state index in [4.69, 9.17) is 9.47 Å². The number of carbonyl (C=O) groups is 1. The molecule has 2 aliphatic rings. The minimum Gasteiger partial charge on any atom is -0.481 e. The third-order valence-corrected chi connectivity index (χ3v) is 4.66. The first-order valence-electron chi connectivity index (χ1n) is 7.20. The third kappa shape index (κ3) is 2.45. The number of benzene rings is 1. The van der Waals surface area contributed by atoms with Crippen molar-refractivity contribution in [2.45, 2.75) is 43.3 Å². The molecule has 1 spiro atoms. The first-order chi connectivity index (χ1) is 9.64. The molecule has 1 aliphatic heterocycles. The van der Waals surface area contributed by atoms with Gasteiger partial charge in [0.05, 0.1) is 19.6 Å². The zero-order valence-electron chi connectivity index (χ0n) is 11.5. The molecule has 1 saturated heterocycles. The Morgan fingerprint density at radius 3 is 2.20 bits per heavy atom. The van der Waals surface area contributed by atoms with Gasteiger partial charge in [0.1, 0.15) is 0 Å². The fraction of sp³-hybridized carbons (Fsp3) is 0.562. The van der Waals surface area contributed by atoms with E-state index in [0.717, 1.165) is 31.2 Å². The van der Waals surface area contributed by atoms with Crippen LogP contribution >= 0.6 is 0 Å². The van der Waals surface area contributed by atoms with Crippen LogP contribution in [0.2, 0.25) is 0 Å². The summed E-state index contributed by atoms with van der Waals surface area (Å²) in [6, 6.07) is 10.00. The molecule has 1 aromatic rings. The maximum Gasteiger partial charge on any atom is 0.304 e. The third-order valence-electron chi connectivity index (χ3n) is 4.66. The van der Waals surface area contributed by atoms with E-state index in [1.165, 1.54) is 0 Å². The first-order valence-corrected chi connectivity index (χ1v) is 7.20. The molecule has 0 amide bonds. The minimum absolute atomic E-state index is 0.174. The zero-order chi connectivity index (χ0) is 14.1. The van der Waals surface area contributed by atoms with Gasteiger partial charge in [0.25, 0.3) is 0 Å². The lowest BCUT2D eigenvalue weighted by Gasteiger charge is -2.43. The summed E-state index contributed by atoms with van der Waals surface area (Å²) in [6.45, 7) is 1.30. The van der Waals surface area contributed by atoms with Gasteiger partial charge in [-0.15, -0.1) is 0 Å². The first kappa shape index (κ1) is 13.6. The molecule has 0 radical (unpaired) electrons. The van der Waals surface area contributed by atoms with Crippen molar-refractivity contribution < 1.29 is 19.4 Å². The summed E-state index contributed by atoms with van der Waals surface area (Å²) in [6.07, 6.45) is 3.31. The number of hydrogen-bond donors (Lipinski definition) is 1. The summed E-state index contributed by atoms with van der Waals surface area (Å²) in [4.78, 5) is 11.3. The van der Waals surface area contributed by atoms with Crippen molar-refractivity contribution in [2.75, 3.05) is 13.2 Å². The van der Waals surface area contributed by atoms with Crippen LogP contribution in [0.25, 0.3) is 0 Å². The van der Waals surface area contributed by atoms with Gasteiger partial charge in [0.15, 0.2) is 5.79 Å². The SMILES string of the molecule is O=C(O)CC1(c2ccccc2)CCC2(CC1)OCCO2. The normalized spacial score (nSPS) is 23.8. The van der Waals surface area contributed by atoms with Gasteiger partial charge < -0.3 is 14.6 Å². The average Bonchev–Trinajstić information content (AvgIpc) is 2.91. The van der Waals surface area contributed by atoms with E-state index in [-0.39, 0.29) is 11.8 Å². The molecule has 0 atom stereocenters. The molecule has 0 aromatic heterocycles. The van der Waals surface area contributed by atoms with E-state index in [9.17, 15) is 9.90 Å². The molecule has 0 unspecified atom stereocenters. The van der Waals surface area contributed by atoms with Gasteiger partial charge in [-0.05, 0) is 18.4 Å². The van der Waals surface area contributed by atoms with Gasteiger partial charge in [0.2, 0.25) is 0 Å². The predicted molar refractivity (Wildman–Crippen MR) is 73.5 cm³/mol. The van der Waals surface area contributed by atoms with Crippen LogP contribution < -0.4 is 0 Å². The Bertz CT molecular complexity index is 467. The van der Waals surface area contributed by atoms with Crippen molar-refractivity contribution in [3.05, 3.63) is 35.9 Å².